The minimum absolute atomic E-state index is 0.0298. The molecule has 4 rings (SSSR count). The number of hydrogen-bond acceptors (Lipinski definition) is 4. The lowest BCUT2D eigenvalue weighted by Crippen LogP contribution is -2.31. The van der Waals surface area contributed by atoms with Gasteiger partial charge in [-0.15, -0.1) is 0 Å². The van der Waals surface area contributed by atoms with Crippen LogP contribution in [0.3, 0.4) is 0 Å². The maximum Gasteiger partial charge on any atom is 0.264 e. The van der Waals surface area contributed by atoms with Crippen LogP contribution in [0.25, 0.3) is 0 Å². The van der Waals surface area contributed by atoms with Crippen molar-refractivity contribution in [3.63, 3.8) is 0 Å². The summed E-state index contributed by atoms with van der Waals surface area (Å²) in [5.41, 5.74) is 1.44. The molecule has 1 amide bonds. The van der Waals surface area contributed by atoms with Crippen LogP contribution >= 0.6 is 11.6 Å². The number of carbonyl (C=O) groups is 2. The van der Waals surface area contributed by atoms with Gasteiger partial charge in [-0.1, -0.05) is 41.9 Å². The normalized spacial score (nSPS) is 17.7. The van der Waals surface area contributed by atoms with E-state index in [9.17, 15) is 9.59 Å². The van der Waals surface area contributed by atoms with Gasteiger partial charge in [-0.2, -0.15) is 0 Å². The lowest BCUT2D eigenvalue weighted by molar-refractivity contribution is -0.120. The van der Waals surface area contributed by atoms with E-state index < -0.39 is 5.91 Å². The highest BCUT2D eigenvalue weighted by Crippen LogP contribution is 2.46. The van der Waals surface area contributed by atoms with E-state index in [4.69, 9.17) is 16.3 Å². The predicted octanol–water partition coefficient (Wildman–Crippen LogP) is 3.37. The molecule has 1 aliphatic carbocycles. The second-order valence-electron chi connectivity index (χ2n) is 6.45. The van der Waals surface area contributed by atoms with E-state index >= 15 is 0 Å². The second kappa shape index (κ2) is 6.50. The Kier molecular flexibility index (Phi) is 4.17. The Balaban J connectivity index is 1.57. The molecule has 1 fully saturated rings. The quantitative estimate of drug-likeness (QED) is 0.794. The molecule has 26 heavy (non-hydrogen) atoms. The number of halogens is 1. The topological polar surface area (TPSA) is 67.4 Å². The predicted molar refractivity (Wildman–Crippen MR) is 98.6 cm³/mol. The molecule has 0 bridgehead atoms. The van der Waals surface area contributed by atoms with Gasteiger partial charge < -0.3 is 15.4 Å². The van der Waals surface area contributed by atoms with E-state index in [0.29, 0.717) is 10.7 Å². The van der Waals surface area contributed by atoms with Gasteiger partial charge in [-0.05, 0) is 42.7 Å². The van der Waals surface area contributed by atoms with Gasteiger partial charge >= 0.3 is 0 Å². The molecular formula is C20H17ClN2O3. The fraction of sp³-hybridized carbons (Fsp3) is 0.200. The number of rotatable bonds is 5. The van der Waals surface area contributed by atoms with Crippen molar-refractivity contribution < 1.29 is 14.3 Å². The molecule has 5 nitrogen and oxygen atoms in total. The smallest absolute Gasteiger partial charge is 0.264 e. The van der Waals surface area contributed by atoms with Crippen LogP contribution in [0.2, 0.25) is 5.02 Å². The second-order valence-corrected chi connectivity index (χ2v) is 6.89. The molecule has 6 heteroatoms. The number of ketones is 1. The van der Waals surface area contributed by atoms with Gasteiger partial charge in [-0.3, -0.25) is 9.59 Å². The maximum atomic E-state index is 12.6. The Labute approximate surface area is 156 Å². The van der Waals surface area contributed by atoms with Crippen LogP contribution in [0.15, 0.2) is 66.1 Å². The van der Waals surface area contributed by atoms with Crippen molar-refractivity contribution in [1.82, 2.24) is 5.32 Å². The maximum absolute atomic E-state index is 12.6. The van der Waals surface area contributed by atoms with Crippen molar-refractivity contribution in [3.05, 3.63) is 76.6 Å². The molecule has 0 unspecified atom stereocenters. The molecule has 0 atom stereocenters. The number of Topliss-reactive ketones (excluding diaryl/α,β-unsaturated/α-hetero) is 1. The first kappa shape index (κ1) is 16.7. The Morgan fingerprint density at radius 2 is 1.73 bits per heavy atom. The summed E-state index contributed by atoms with van der Waals surface area (Å²) in [7, 11) is 0. The third kappa shape index (κ3) is 3.18. The van der Waals surface area contributed by atoms with Crippen molar-refractivity contribution in [3.8, 4) is 0 Å². The van der Waals surface area contributed by atoms with E-state index in [0.717, 1.165) is 18.4 Å². The molecule has 1 aliphatic heterocycles. The van der Waals surface area contributed by atoms with Crippen LogP contribution < -0.4 is 10.6 Å². The van der Waals surface area contributed by atoms with E-state index in [1.807, 2.05) is 30.3 Å². The fourth-order valence-electron chi connectivity index (χ4n) is 3.05. The summed E-state index contributed by atoms with van der Waals surface area (Å²) in [5.74, 6) is -0.563. The van der Waals surface area contributed by atoms with Gasteiger partial charge in [0.2, 0.25) is 11.7 Å². The van der Waals surface area contributed by atoms with Gasteiger partial charge in [0.25, 0.3) is 5.91 Å². The van der Waals surface area contributed by atoms with Gasteiger partial charge in [0.05, 0.1) is 5.54 Å². The molecule has 132 valence electrons. The number of anilines is 1. The Hall–Kier alpha value is -2.79. The van der Waals surface area contributed by atoms with Crippen molar-refractivity contribution in [2.75, 3.05) is 11.9 Å². The summed E-state index contributed by atoms with van der Waals surface area (Å²) in [5, 5.41) is 6.59. The van der Waals surface area contributed by atoms with Crippen molar-refractivity contribution in [2.24, 2.45) is 0 Å². The van der Waals surface area contributed by atoms with E-state index in [1.54, 1.807) is 24.3 Å². The fourth-order valence-corrected chi connectivity index (χ4v) is 3.18. The zero-order valence-corrected chi connectivity index (χ0v) is 14.7. The monoisotopic (exact) mass is 368 g/mol. The van der Waals surface area contributed by atoms with Gasteiger partial charge in [0.15, 0.2) is 6.61 Å². The Bertz CT molecular complexity index is 887. The highest BCUT2D eigenvalue weighted by Gasteiger charge is 2.47. The van der Waals surface area contributed by atoms with Crippen LogP contribution in [-0.4, -0.2) is 18.3 Å². The summed E-state index contributed by atoms with van der Waals surface area (Å²) in [6, 6.07) is 16.7. The Morgan fingerprint density at radius 3 is 2.38 bits per heavy atom. The average Bonchev–Trinajstić information content (AvgIpc) is 3.34. The lowest BCUT2D eigenvalue weighted by Gasteiger charge is -2.20. The van der Waals surface area contributed by atoms with Gasteiger partial charge in [0, 0.05) is 10.7 Å². The summed E-state index contributed by atoms with van der Waals surface area (Å²) < 4.78 is 5.49. The third-order valence-corrected chi connectivity index (χ3v) is 4.86. The largest absolute Gasteiger partial charge is 0.470 e. The number of nitrogens with one attached hydrogen (secondary N) is 2. The number of carbonyl (C=O) groups excluding carboxylic acids is 2. The minimum atomic E-state index is -0.485. The lowest BCUT2D eigenvalue weighted by atomic mass is 10.0. The van der Waals surface area contributed by atoms with Crippen LogP contribution in [0.5, 0.6) is 0 Å². The third-order valence-electron chi connectivity index (χ3n) is 4.61. The first-order chi connectivity index (χ1) is 12.6. The summed E-state index contributed by atoms with van der Waals surface area (Å²) in [6.45, 7) is -0.128. The number of ether oxygens (including phenoxy) is 1. The molecule has 0 radical (unpaired) electrons. The van der Waals surface area contributed by atoms with Crippen molar-refractivity contribution >= 4 is 29.0 Å². The van der Waals surface area contributed by atoms with Crippen LogP contribution in [0.4, 0.5) is 5.69 Å². The summed E-state index contributed by atoms with van der Waals surface area (Å²) >= 11 is 5.85. The average molecular weight is 369 g/mol. The van der Waals surface area contributed by atoms with E-state index in [2.05, 4.69) is 10.6 Å². The molecule has 2 aromatic rings. The molecule has 2 aromatic carbocycles. The van der Waals surface area contributed by atoms with Gasteiger partial charge in [0.1, 0.15) is 5.57 Å². The van der Waals surface area contributed by atoms with Crippen LogP contribution in [0.1, 0.15) is 18.4 Å². The standard InChI is InChI=1S/C20H17ClN2O3/c21-14-6-8-15(9-7-14)22-18(25)17-16(24)12-26-19(17)23-20(10-11-20)13-4-2-1-3-5-13/h1-9,23H,10-12H2,(H,22,25). The first-order valence-corrected chi connectivity index (χ1v) is 8.76. The zero-order chi connectivity index (χ0) is 18.1. The van der Waals surface area contributed by atoms with E-state index in [1.165, 1.54) is 0 Å². The zero-order valence-electron chi connectivity index (χ0n) is 13.9. The molecule has 0 spiro atoms. The molecular weight excluding hydrogens is 352 g/mol. The Morgan fingerprint density at radius 1 is 1.04 bits per heavy atom. The summed E-state index contributed by atoms with van der Waals surface area (Å²) in [6.07, 6.45) is 1.84. The molecule has 2 N–H and O–H groups in total. The molecule has 1 saturated carbocycles. The summed E-state index contributed by atoms with van der Waals surface area (Å²) in [4.78, 5) is 24.8. The van der Waals surface area contributed by atoms with Crippen molar-refractivity contribution in [1.29, 1.82) is 0 Å². The number of benzene rings is 2. The van der Waals surface area contributed by atoms with Crippen LogP contribution in [-0.2, 0) is 19.9 Å². The van der Waals surface area contributed by atoms with Crippen molar-refractivity contribution in [2.45, 2.75) is 18.4 Å². The molecule has 0 aromatic heterocycles. The molecule has 2 aliphatic rings. The highest BCUT2D eigenvalue weighted by molar-refractivity contribution is 6.30. The number of hydrogen-bond donors (Lipinski definition) is 2. The highest BCUT2D eigenvalue weighted by atomic mass is 35.5. The minimum Gasteiger partial charge on any atom is -0.470 e. The SMILES string of the molecule is O=C1COC(NC2(c3ccccc3)CC2)=C1C(=O)Nc1ccc(Cl)cc1. The first-order valence-electron chi connectivity index (χ1n) is 8.38. The molecule has 1 heterocycles. The van der Waals surface area contributed by atoms with Gasteiger partial charge in [-0.25, -0.2) is 0 Å². The van der Waals surface area contributed by atoms with E-state index in [-0.39, 0.29) is 29.4 Å². The van der Waals surface area contributed by atoms with Crippen LogP contribution in [0, 0.1) is 0 Å². The molecule has 0 saturated heterocycles. The number of amides is 1.